The van der Waals surface area contributed by atoms with Crippen LogP contribution < -0.4 is 11.1 Å². The van der Waals surface area contributed by atoms with Gasteiger partial charge in [0.2, 0.25) is 5.91 Å². The smallest absolute Gasteiger partial charge is 0.270 e. The number of nitriles is 1. The first-order valence-corrected chi connectivity index (χ1v) is 4.70. The Hall–Kier alpha value is -2.46. The minimum Gasteiger partial charge on any atom is -0.324 e. The number of nitrogens with zero attached hydrogens (tertiary/aromatic N) is 2. The number of hydrogen-bond acceptors (Lipinski definition) is 5. The molecule has 0 aromatic heterocycles. The third kappa shape index (κ3) is 2.99. The van der Waals surface area contributed by atoms with E-state index in [1.54, 1.807) is 6.07 Å². The number of nitro groups is 1. The highest BCUT2D eigenvalue weighted by Gasteiger charge is 2.14. The molecule has 1 atom stereocenters. The summed E-state index contributed by atoms with van der Waals surface area (Å²) in [5.74, 6) is -0.463. The summed E-state index contributed by atoms with van der Waals surface area (Å²) in [6.45, 7) is 1.49. The third-order valence-electron chi connectivity index (χ3n) is 2.01. The van der Waals surface area contributed by atoms with Gasteiger partial charge in [-0.3, -0.25) is 14.9 Å². The Kier molecular flexibility index (Phi) is 3.74. The Morgan fingerprint density at radius 1 is 1.65 bits per heavy atom. The first-order chi connectivity index (χ1) is 7.95. The van der Waals surface area contributed by atoms with Crippen molar-refractivity contribution in [3.63, 3.8) is 0 Å². The van der Waals surface area contributed by atoms with E-state index in [2.05, 4.69) is 5.32 Å². The van der Waals surface area contributed by atoms with E-state index in [9.17, 15) is 14.9 Å². The minimum absolute atomic E-state index is 0.0215. The standard InChI is InChI=1S/C10H10N4O3/c1-6(12)10(15)13-9-3-2-8(14(16)17)4-7(9)5-11/h2-4,6H,12H2,1H3,(H,13,15). The van der Waals surface area contributed by atoms with Crippen molar-refractivity contribution in [2.24, 2.45) is 5.73 Å². The van der Waals surface area contributed by atoms with Crippen LogP contribution in [0.3, 0.4) is 0 Å². The third-order valence-corrected chi connectivity index (χ3v) is 2.01. The normalized spacial score (nSPS) is 11.4. The Morgan fingerprint density at radius 3 is 2.76 bits per heavy atom. The van der Waals surface area contributed by atoms with Gasteiger partial charge in [-0.1, -0.05) is 0 Å². The van der Waals surface area contributed by atoms with E-state index in [0.29, 0.717) is 0 Å². The fourth-order valence-corrected chi connectivity index (χ4v) is 1.09. The van der Waals surface area contributed by atoms with Crippen LogP contribution in [0.2, 0.25) is 0 Å². The van der Waals surface area contributed by atoms with Gasteiger partial charge in [0.05, 0.1) is 22.2 Å². The van der Waals surface area contributed by atoms with E-state index in [0.717, 1.165) is 6.07 Å². The van der Waals surface area contributed by atoms with E-state index in [1.165, 1.54) is 19.1 Å². The summed E-state index contributed by atoms with van der Waals surface area (Å²) >= 11 is 0. The van der Waals surface area contributed by atoms with Gasteiger partial charge in [-0.2, -0.15) is 5.26 Å². The molecule has 1 unspecified atom stereocenters. The van der Waals surface area contributed by atoms with Crippen molar-refractivity contribution in [1.82, 2.24) is 0 Å². The number of anilines is 1. The molecule has 0 saturated carbocycles. The maximum Gasteiger partial charge on any atom is 0.270 e. The summed E-state index contributed by atoms with van der Waals surface area (Å²) in [5, 5.41) is 21.7. The van der Waals surface area contributed by atoms with Gasteiger partial charge in [0.1, 0.15) is 6.07 Å². The zero-order valence-electron chi connectivity index (χ0n) is 9.01. The van der Waals surface area contributed by atoms with Gasteiger partial charge in [0.25, 0.3) is 5.69 Å². The zero-order valence-corrected chi connectivity index (χ0v) is 9.01. The van der Waals surface area contributed by atoms with Gasteiger partial charge in [-0.05, 0) is 13.0 Å². The number of nitrogens with one attached hydrogen (secondary N) is 1. The highest BCUT2D eigenvalue weighted by molar-refractivity contribution is 5.95. The lowest BCUT2D eigenvalue weighted by Crippen LogP contribution is -2.32. The fraction of sp³-hybridized carbons (Fsp3) is 0.200. The number of benzene rings is 1. The minimum atomic E-state index is -0.725. The van der Waals surface area contributed by atoms with Crippen LogP contribution in [0.1, 0.15) is 12.5 Å². The number of nitro benzene ring substituents is 1. The molecule has 0 radical (unpaired) electrons. The van der Waals surface area contributed by atoms with Crippen molar-refractivity contribution >= 4 is 17.3 Å². The van der Waals surface area contributed by atoms with Crippen LogP contribution in [0.15, 0.2) is 18.2 Å². The number of amides is 1. The molecule has 1 amide bonds. The van der Waals surface area contributed by atoms with Gasteiger partial charge in [0.15, 0.2) is 0 Å². The summed E-state index contributed by atoms with van der Waals surface area (Å²) in [6, 6.07) is 4.65. The zero-order chi connectivity index (χ0) is 13.0. The highest BCUT2D eigenvalue weighted by atomic mass is 16.6. The van der Waals surface area contributed by atoms with Gasteiger partial charge < -0.3 is 11.1 Å². The Bertz CT molecular complexity index is 505. The van der Waals surface area contributed by atoms with Crippen molar-refractivity contribution < 1.29 is 9.72 Å². The van der Waals surface area contributed by atoms with Crippen molar-refractivity contribution in [3.8, 4) is 6.07 Å². The largest absolute Gasteiger partial charge is 0.324 e. The first kappa shape index (κ1) is 12.6. The van der Waals surface area contributed by atoms with Crippen LogP contribution in [0.5, 0.6) is 0 Å². The molecule has 7 nitrogen and oxygen atoms in total. The van der Waals surface area contributed by atoms with Gasteiger partial charge in [0, 0.05) is 12.1 Å². The van der Waals surface area contributed by atoms with Crippen LogP contribution in [0.25, 0.3) is 0 Å². The van der Waals surface area contributed by atoms with Gasteiger partial charge >= 0.3 is 0 Å². The summed E-state index contributed by atoms with van der Waals surface area (Å²) in [6.07, 6.45) is 0. The molecule has 17 heavy (non-hydrogen) atoms. The summed E-state index contributed by atoms with van der Waals surface area (Å²) < 4.78 is 0. The Balaban J connectivity index is 3.06. The molecular weight excluding hydrogens is 224 g/mol. The number of carbonyl (C=O) groups is 1. The van der Waals surface area contributed by atoms with Crippen LogP contribution in [0, 0.1) is 21.4 Å². The number of nitrogens with two attached hydrogens (primary N) is 1. The second-order valence-electron chi connectivity index (χ2n) is 3.38. The summed E-state index contributed by atoms with van der Waals surface area (Å²) in [4.78, 5) is 21.2. The fourth-order valence-electron chi connectivity index (χ4n) is 1.09. The molecule has 1 aromatic carbocycles. The predicted octanol–water partition coefficient (Wildman–Crippen LogP) is 0.752. The summed E-state index contributed by atoms with van der Waals surface area (Å²) in [5.41, 5.74) is 5.37. The molecule has 3 N–H and O–H groups in total. The van der Waals surface area contributed by atoms with E-state index in [1.807, 2.05) is 0 Å². The molecular formula is C10H10N4O3. The number of rotatable bonds is 3. The SMILES string of the molecule is CC(N)C(=O)Nc1ccc([N+](=O)[O-])cc1C#N. The molecule has 0 spiro atoms. The monoisotopic (exact) mass is 234 g/mol. The van der Waals surface area contributed by atoms with Gasteiger partial charge in [-0.15, -0.1) is 0 Å². The molecule has 7 heteroatoms. The van der Waals surface area contributed by atoms with E-state index in [4.69, 9.17) is 11.0 Å². The Morgan fingerprint density at radius 2 is 2.29 bits per heavy atom. The van der Waals surface area contributed by atoms with Gasteiger partial charge in [-0.25, -0.2) is 0 Å². The lowest BCUT2D eigenvalue weighted by Gasteiger charge is -2.08. The highest BCUT2D eigenvalue weighted by Crippen LogP contribution is 2.21. The number of carbonyl (C=O) groups excluding carboxylic acids is 1. The molecule has 1 rings (SSSR count). The number of non-ortho nitro benzene ring substituents is 1. The topological polar surface area (TPSA) is 122 Å². The Labute approximate surface area is 97.0 Å². The van der Waals surface area contributed by atoms with Crippen molar-refractivity contribution in [1.29, 1.82) is 5.26 Å². The molecule has 0 aliphatic rings. The second-order valence-corrected chi connectivity index (χ2v) is 3.38. The molecule has 0 bridgehead atoms. The van der Waals surface area contributed by atoms with E-state index >= 15 is 0 Å². The lowest BCUT2D eigenvalue weighted by molar-refractivity contribution is -0.384. The molecule has 0 saturated heterocycles. The predicted molar refractivity (Wildman–Crippen MR) is 60.1 cm³/mol. The quantitative estimate of drug-likeness (QED) is 0.590. The molecule has 88 valence electrons. The van der Waals surface area contributed by atoms with Crippen LogP contribution in [-0.2, 0) is 4.79 Å². The average molecular weight is 234 g/mol. The maximum absolute atomic E-state index is 11.3. The second kappa shape index (κ2) is 5.05. The van der Waals surface area contributed by atoms with Crippen LogP contribution >= 0.6 is 0 Å². The summed E-state index contributed by atoms with van der Waals surface area (Å²) in [7, 11) is 0. The molecule has 0 fully saturated rings. The van der Waals surface area contributed by atoms with Crippen molar-refractivity contribution in [2.45, 2.75) is 13.0 Å². The van der Waals surface area contributed by atoms with Crippen LogP contribution in [0.4, 0.5) is 11.4 Å². The first-order valence-electron chi connectivity index (χ1n) is 4.70. The molecule has 0 aliphatic carbocycles. The van der Waals surface area contributed by atoms with Crippen LogP contribution in [-0.4, -0.2) is 16.9 Å². The van der Waals surface area contributed by atoms with Crippen molar-refractivity contribution in [2.75, 3.05) is 5.32 Å². The number of hydrogen-bond donors (Lipinski definition) is 2. The maximum atomic E-state index is 11.3. The lowest BCUT2D eigenvalue weighted by atomic mass is 10.1. The van der Waals surface area contributed by atoms with E-state index in [-0.39, 0.29) is 16.9 Å². The van der Waals surface area contributed by atoms with Crippen molar-refractivity contribution in [3.05, 3.63) is 33.9 Å². The molecule has 0 heterocycles. The molecule has 0 aliphatic heterocycles. The van der Waals surface area contributed by atoms with E-state index < -0.39 is 16.9 Å². The average Bonchev–Trinajstić information content (AvgIpc) is 2.28. The molecule has 1 aromatic rings.